The fourth-order valence-corrected chi connectivity index (χ4v) is 1.82. The van der Waals surface area contributed by atoms with E-state index in [1.54, 1.807) is 60.7 Å². The van der Waals surface area contributed by atoms with Crippen molar-refractivity contribution in [3.05, 3.63) is 60.7 Å². The number of hydrogen-bond donors (Lipinski definition) is 0. The summed E-state index contributed by atoms with van der Waals surface area (Å²) in [5, 5.41) is 0. The van der Waals surface area contributed by atoms with E-state index in [2.05, 4.69) is 0 Å². The Morgan fingerprint density at radius 2 is 0.895 bits per heavy atom. The third-order valence-corrected chi connectivity index (χ3v) is 3.19. The van der Waals surface area contributed by atoms with Gasteiger partial charge in [0.2, 0.25) is 0 Å². The summed E-state index contributed by atoms with van der Waals surface area (Å²) >= 11 is -4.16. The minimum atomic E-state index is -2.08. The summed E-state index contributed by atoms with van der Waals surface area (Å²) in [6.45, 7) is 0. The predicted molar refractivity (Wildman–Crippen MR) is 67.3 cm³/mol. The summed E-state index contributed by atoms with van der Waals surface area (Å²) in [7, 11) is 0. The molecule has 0 amide bonds. The second-order valence-corrected chi connectivity index (χ2v) is 4.98. The van der Waals surface area contributed by atoms with E-state index in [4.69, 9.17) is 0 Å². The molecule has 0 aliphatic carbocycles. The predicted octanol–water partition coefficient (Wildman–Crippen LogP) is 1.85. The van der Waals surface area contributed by atoms with Crippen LogP contribution in [0.15, 0.2) is 70.5 Å². The van der Waals surface area contributed by atoms with Gasteiger partial charge in [-0.3, -0.25) is 8.42 Å². The van der Waals surface area contributed by atoms with Crippen LogP contribution in [0.3, 0.4) is 0 Å². The van der Waals surface area contributed by atoms with E-state index in [-0.39, 0.29) is 19.5 Å². The molecule has 4 nitrogen and oxygen atoms in total. The minimum Gasteiger partial charge on any atom is -0.768 e. The van der Waals surface area contributed by atoms with Gasteiger partial charge >= 0.3 is 19.5 Å². The van der Waals surface area contributed by atoms with E-state index in [1.165, 1.54) is 0 Å². The van der Waals surface area contributed by atoms with Gasteiger partial charge in [-0.05, 0) is 46.4 Å². The zero-order valence-corrected chi connectivity index (χ0v) is 14.5. The Labute approximate surface area is 129 Å². The molecule has 96 valence electrons. The fraction of sp³-hybridized carbons (Fsp3) is 0. The first-order chi connectivity index (χ1) is 8.61. The summed E-state index contributed by atoms with van der Waals surface area (Å²) in [4.78, 5) is 0.662. The van der Waals surface area contributed by atoms with Gasteiger partial charge in [0.25, 0.3) is 0 Å². The van der Waals surface area contributed by atoms with Crippen molar-refractivity contribution in [3.8, 4) is 0 Å². The van der Waals surface area contributed by atoms with Gasteiger partial charge in [0, 0.05) is 9.79 Å². The Hall–Kier alpha value is -0.717. The summed E-state index contributed by atoms with van der Waals surface area (Å²) in [5.74, 6) is 0. The zero-order valence-electron chi connectivity index (χ0n) is 9.93. The van der Waals surface area contributed by atoms with Gasteiger partial charge in [0.15, 0.2) is 0 Å². The van der Waals surface area contributed by atoms with Crippen molar-refractivity contribution in [2.75, 3.05) is 0 Å². The molecule has 2 aromatic carbocycles. The molecule has 0 bridgehead atoms. The average molecular weight is 348 g/mol. The molecule has 0 spiro atoms. The van der Waals surface area contributed by atoms with Crippen LogP contribution in [0.4, 0.5) is 0 Å². The monoisotopic (exact) mass is 346 g/mol. The van der Waals surface area contributed by atoms with Crippen LogP contribution in [0.1, 0.15) is 0 Å². The van der Waals surface area contributed by atoms with Gasteiger partial charge in [0.1, 0.15) is 0 Å². The van der Waals surface area contributed by atoms with Gasteiger partial charge in [-0.15, -0.1) is 0 Å². The van der Waals surface area contributed by atoms with Crippen LogP contribution in [0.2, 0.25) is 0 Å². The maximum atomic E-state index is 10.2. The van der Waals surface area contributed by atoms with Crippen LogP contribution in [0, 0.1) is 0 Å². The molecule has 2 unspecified atom stereocenters. The van der Waals surface area contributed by atoms with Crippen molar-refractivity contribution in [2.24, 2.45) is 0 Å². The SMILES string of the molecule is O=S([O-])c1ccccc1.O=S([O-])c1ccccc1.[Zn+2]. The molecule has 0 saturated carbocycles. The topological polar surface area (TPSA) is 80.3 Å². The molecule has 7 heteroatoms. The van der Waals surface area contributed by atoms with Gasteiger partial charge in [-0.2, -0.15) is 0 Å². The summed E-state index contributed by atoms with van der Waals surface area (Å²) in [6.07, 6.45) is 0. The van der Waals surface area contributed by atoms with Crippen LogP contribution in [-0.2, 0) is 41.6 Å². The first kappa shape index (κ1) is 18.3. The second kappa shape index (κ2) is 10.1. The summed E-state index contributed by atoms with van der Waals surface area (Å²) < 4.78 is 40.8. The number of hydrogen-bond acceptors (Lipinski definition) is 4. The smallest absolute Gasteiger partial charge is 0.768 e. The molecule has 0 aliphatic heterocycles. The molecule has 0 heterocycles. The Balaban J connectivity index is 0.000000324. The van der Waals surface area contributed by atoms with Crippen LogP contribution < -0.4 is 0 Å². The molecule has 0 radical (unpaired) electrons. The number of benzene rings is 2. The first-order valence-electron chi connectivity index (χ1n) is 4.90. The molecule has 2 rings (SSSR count). The van der Waals surface area contributed by atoms with Crippen LogP contribution in [-0.4, -0.2) is 17.5 Å². The molecule has 0 aromatic heterocycles. The van der Waals surface area contributed by atoms with Crippen molar-refractivity contribution in [1.82, 2.24) is 0 Å². The Morgan fingerprint density at radius 1 is 0.632 bits per heavy atom. The first-order valence-corrected chi connectivity index (χ1v) is 7.05. The van der Waals surface area contributed by atoms with E-state index in [1.807, 2.05) is 0 Å². The normalized spacial score (nSPS) is 12.3. The van der Waals surface area contributed by atoms with E-state index in [9.17, 15) is 17.5 Å². The standard InChI is InChI=1S/2C6H6O2S.Zn/c2*7-9(8)6-4-2-1-3-5-6;/h2*1-5H,(H,7,8);/q;;+2/p-2. The quantitative estimate of drug-likeness (QED) is 0.613. The van der Waals surface area contributed by atoms with Crippen molar-refractivity contribution in [3.63, 3.8) is 0 Å². The third-order valence-electron chi connectivity index (χ3n) is 1.87. The largest absolute Gasteiger partial charge is 2.00 e. The van der Waals surface area contributed by atoms with Crippen LogP contribution in [0.5, 0.6) is 0 Å². The Kier molecular flexibility index (Phi) is 9.74. The molecule has 2 aromatic rings. The maximum Gasteiger partial charge on any atom is 2.00 e. The molecule has 2 atom stereocenters. The van der Waals surface area contributed by atoms with Gasteiger partial charge in [-0.25, -0.2) is 0 Å². The summed E-state index contributed by atoms with van der Waals surface area (Å²) in [6, 6.07) is 16.5. The zero-order chi connectivity index (χ0) is 13.4. The Bertz CT molecular complexity index is 470. The van der Waals surface area contributed by atoms with Crippen molar-refractivity contribution >= 4 is 22.2 Å². The van der Waals surface area contributed by atoms with Gasteiger partial charge in [-0.1, -0.05) is 36.4 Å². The fourth-order valence-electron chi connectivity index (χ4n) is 1.06. The Morgan fingerprint density at radius 3 is 1.05 bits per heavy atom. The van der Waals surface area contributed by atoms with Crippen LogP contribution in [0.25, 0.3) is 0 Å². The van der Waals surface area contributed by atoms with Crippen molar-refractivity contribution < 1.29 is 37.0 Å². The molecular weight excluding hydrogens is 338 g/mol. The molecular formula is C12H10O4S2Zn. The molecule has 0 saturated heterocycles. The molecule has 19 heavy (non-hydrogen) atoms. The number of rotatable bonds is 2. The van der Waals surface area contributed by atoms with Crippen LogP contribution >= 0.6 is 0 Å². The average Bonchev–Trinajstić information content (AvgIpc) is 2.41. The molecule has 0 N–H and O–H groups in total. The third kappa shape index (κ3) is 7.45. The van der Waals surface area contributed by atoms with E-state index < -0.39 is 22.2 Å². The maximum absolute atomic E-state index is 10.2. The van der Waals surface area contributed by atoms with E-state index in [0.29, 0.717) is 9.79 Å². The van der Waals surface area contributed by atoms with Gasteiger partial charge < -0.3 is 9.11 Å². The van der Waals surface area contributed by atoms with E-state index in [0.717, 1.165) is 0 Å². The molecule has 0 aliphatic rings. The molecule has 0 fully saturated rings. The minimum absolute atomic E-state index is 0. The van der Waals surface area contributed by atoms with Gasteiger partial charge in [0.05, 0.1) is 0 Å². The van der Waals surface area contributed by atoms with E-state index >= 15 is 0 Å². The van der Waals surface area contributed by atoms with Crippen molar-refractivity contribution in [2.45, 2.75) is 9.79 Å². The van der Waals surface area contributed by atoms with Crippen molar-refractivity contribution in [1.29, 1.82) is 0 Å². The summed E-state index contributed by atoms with van der Waals surface area (Å²) in [5.41, 5.74) is 0. The second-order valence-electron chi connectivity index (χ2n) is 3.10.